The van der Waals surface area contributed by atoms with Crippen LogP contribution in [0.1, 0.15) is 22.7 Å². The smallest absolute Gasteiger partial charge is 0.223 e. The number of nitrogens with zero attached hydrogens (tertiary/aromatic N) is 4. The van der Waals surface area contributed by atoms with Crippen LogP contribution in [0.2, 0.25) is 0 Å². The van der Waals surface area contributed by atoms with Crippen molar-refractivity contribution in [3.05, 3.63) is 16.3 Å². The van der Waals surface area contributed by atoms with E-state index in [2.05, 4.69) is 23.7 Å². The number of rotatable bonds is 3. The molecule has 1 amide bonds. The molecule has 0 spiro atoms. The lowest BCUT2D eigenvalue weighted by molar-refractivity contribution is -0.131. The van der Waals surface area contributed by atoms with E-state index in [-0.39, 0.29) is 5.91 Å². The number of anilines is 1. The third-order valence-electron chi connectivity index (χ3n) is 4.36. The third-order valence-corrected chi connectivity index (χ3v) is 5.65. The summed E-state index contributed by atoms with van der Waals surface area (Å²) < 4.78 is 0. The quantitative estimate of drug-likeness (QED) is 0.797. The predicted octanol–water partition coefficient (Wildman–Crippen LogP) is 2.89. The van der Waals surface area contributed by atoms with Crippen LogP contribution >= 0.6 is 22.9 Å². The molecule has 1 saturated heterocycles. The molecule has 2 aromatic heterocycles. The summed E-state index contributed by atoms with van der Waals surface area (Å²) in [5.74, 6) is 2.34. The molecule has 0 radical (unpaired) electrons. The summed E-state index contributed by atoms with van der Waals surface area (Å²) >= 11 is 7.40. The molecule has 23 heavy (non-hydrogen) atoms. The van der Waals surface area contributed by atoms with E-state index in [4.69, 9.17) is 16.6 Å². The van der Waals surface area contributed by atoms with Gasteiger partial charge in [0.1, 0.15) is 16.5 Å². The number of fused-ring (bicyclic) bond motifs is 1. The van der Waals surface area contributed by atoms with Gasteiger partial charge < -0.3 is 9.80 Å². The highest BCUT2D eigenvalue weighted by Crippen LogP contribution is 2.35. The number of amides is 1. The van der Waals surface area contributed by atoms with Crippen LogP contribution in [-0.4, -0.2) is 52.8 Å². The van der Waals surface area contributed by atoms with Gasteiger partial charge in [-0.3, -0.25) is 4.79 Å². The van der Waals surface area contributed by atoms with Crippen molar-refractivity contribution in [1.29, 1.82) is 0 Å². The summed E-state index contributed by atoms with van der Waals surface area (Å²) in [7, 11) is 0. The van der Waals surface area contributed by atoms with Gasteiger partial charge >= 0.3 is 0 Å². The fourth-order valence-electron chi connectivity index (χ4n) is 2.97. The second kappa shape index (κ2) is 6.61. The third kappa shape index (κ3) is 3.15. The van der Waals surface area contributed by atoms with Crippen LogP contribution in [0.15, 0.2) is 0 Å². The zero-order valence-corrected chi connectivity index (χ0v) is 15.3. The Hall–Kier alpha value is -1.40. The molecule has 0 aliphatic carbocycles. The molecular formula is C16H21ClN4OS. The van der Waals surface area contributed by atoms with E-state index in [1.54, 1.807) is 11.3 Å². The highest BCUT2D eigenvalue weighted by molar-refractivity contribution is 7.18. The standard InChI is InChI=1S/C16H21ClN4OS/c1-10-11(2)23-16-14(10)15(18-12(3)19-16)21-8-6-20(7-9-21)13(22)4-5-17/h4-9H2,1-3H3. The zero-order valence-electron chi connectivity index (χ0n) is 13.7. The average molecular weight is 353 g/mol. The number of piperazine rings is 1. The summed E-state index contributed by atoms with van der Waals surface area (Å²) in [5.41, 5.74) is 1.26. The molecule has 3 heterocycles. The minimum Gasteiger partial charge on any atom is -0.352 e. The second-order valence-corrected chi connectivity index (χ2v) is 7.45. The number of alkyl halides is 1. The first-order valence-corrected chi connectivity index (χ1v) is 9.19. The lowest BCUT2D eigenvalue weighted by Gasteiger charge is -2.35. The molecule has 5 nitrogen and oxygen atoms in total. The maximum absolute atomic E-state index is 12.0. The first-order chi connectivity index (χ1) is 11.0. The first-order valence-electron chi connectivity index (χ1n) is 7.84. The molecule has 0 aromatic carbocycles. The van der Waals surface area contributed by atoms with Gasteiger partial charge in [0, 0.05) is 43.4 Å². The van der Waals surface area contributed by atoms with Crippen LogP contribution in [0.3, 0.4) is 0 Å². The number of aromatic nitrogens is 2. The Morgan fingerprint density at radius 3 is 2.52 bits per heavy atom. The van der Waals surface area contributed by atoms with E-state index >= 15 is 0 Å². The summed E-state index contributed by atoms with van der Waals surface area (Å²) in [5, 5.41) is 1.17. The van der Waals surface area contributed by atoms with Crippen LogP contribution in [0.5, 0.6) is 0 Å². The molecule has 0 bridgehead atoms. The zero-order chi connectivity index (χ0) is 16.6. The van der Waals surface area contributed by atoms with Gasteiger partial charge in [-0.25, -0.2) is 9.97 Å². The summed E-state index contributed by atoms with van der Waals surface area (Å²) in [6.45, 7) is 9.25. The van der Waals surface area contributed by atoms with Gasteiger partial charge in [-0.05, 0) is 26.3 Å². The van der Waals surface area contributed by atoms with E-state index in [0.29, 0.717) is 12.3 Å². The Morgan fingerprint density at radius 2 is 1.87 bits per heavy atom. The van der Waals surface area contributed by atoms with E-state index in [1.165, 1.54) is 15.8 Å². The molecule has 0 saturated carbocycles. The van der Waals surface area contributed by atoms with Gasteiger partial charge in [0.2, 0.25) is 5.91 Å². The van der Waals surface area contributed by atoms with Gasteiger partial charge in [-0.2, -0.15) is 0 Å². The van der Waals surface area contributed by atoms with Crippen molar-refractivity contribution in [2.24, 2.45) is 0 Å². The number of hydrogen-bond acceptors (Lipinski definition) is 5. The predicted molar refractivity (Wildman–Crippen MR) is 95.8 cm³/mol. The van der Waals surface area contributed by atoms with E-state index < -0.39 is 0 Å². The number of aryl methyl sites for hydroxylation is 3. The number of thiophene rings is 1. The monoisotopic (exact) mass is 352 g/mol. The highest BCUT2D eigenvalue weighted by atomic mass is 35.5. The maximum Gasteiger partial charge on any atom is 0.223 e. The highest BCUT2D eigenvalue weighted by Gasteiger charge is 2.24. The molecule has 7 heteroatoms. The lowest BCUT2D eigenvalue weighted by atomic mass is 10.2. The topological polar surface area (TPSA) is 49.3 Å². The van der Waals surface area contributed by atoms with Crippen molar-refractivity contribution in [3.8, 4) is 0 Å². The van der Waals surface area contributed by atoms with Gasteiger partial charge in [0.05, 0.1) is 5.39 Å². The second-order valence-electron chi connectivity index (χ2n) is 5.86. The van der Waals surface area contributed by atoms with Gasteiger partial charge in [0.25, 0.3) is 0 Å². The van der Waals surface area contributed by atoms with E-state index in [1.807, 2.05) is 11.8 Å². The van der Waals surface area contributed by atoms with Crippen LogP contribution in [0, 0.1) is 20.8 Å². The molecule has 124 valence electrons. The molecule has 0 N–H and O–H groups in total. The van der Waals surface area contributed by atoms with Crippen LogP contribution < -0.4 is 4.90 Å². The van der Waals surface area contributed by atoms with Crippen molar-refractivity contribution >= 4 is 44.9 Å². The fourth-order valence-corrected chi connectivity index (χ4v) is 4.20. The van der Waals surface area contributed by atoms with Crippen molar-refractivity contribution in [2.45, 2.75) is 27.2 Å². The lowest BCUT2D eigenvalue weighted by Crippen LogP contribution is -2.49. The Kier molecular flexibility index (Phi) is 4.73. The molecule has 0 atom stereocenters. The fraction of sp³-hybridized carbons (Fsp3) is 0.562. The Labute approximate surface area is 145 Å². The molecule has 3 rings (SSSR count). The largest absolute Gasteiger partial charge is 0.352 e. The van der Waals surface area contributed by atoms with Crippen molar-refractivity contribution in [1.82, 2.24) is 14.9 Å². The minimum absolute atomic E-state index is 0.145. The van der Waals surface area contributed by atoms with Crippen molar-refractivity contribution in [3.63, 3.8) is 0 Å². The van der Waals surface area contributed by atoms with Gasteiger partial charge in [0.15, 0.2) is 0 Å². The van der Waals surface area contributed by atoms with Gasteiger partial charge in [-0.1, -0.05) is 0 Å². The molecule has 1 aliphatic rings. The van der Waals surface area contributed by atoms with Crippen molar-refractivity contribution in [2.75, 3.05) is 37.0 Å². The van der Waals surface area contributed by atoms with Crippen LogP contribution in [0.25, 0.3) is 10.2 Å². The molecular weight excluding hydrogens is 332 g/mol. The molecule has 1 aliphatic heterocycles. The Bertz CT molecular complexity index is 737. The first kappa shape index (κ1) is 16.5. The van der Waals surface area contributed by atoms with Crippen molar-refractivity contribution < 1.29 is 4.79 Å². The Balaban J connectivity index is 1.86. The minimum atomic E-state index is 0.145. The van der Waals surface area contributed by atoms with Crippen LogP contribution in [-0.2, 0) is 4.79 Å². The SMILES string of the molecule is Cc1nc(N2CCN(C(=O)CCCl)CC2)c2c(C)c(C)sc2n1. The molecule has 0 unspecified atom stereocenters. The van der Waals surface area contributed by atoms with E-state index in [0.717, 1.165) is 42.7 Å². The van der Waals surface area contributed by atoms with Gasteiger partial charge in [-0.15, -0.1) is 22.9 Å². The number of halogens is 1. The summed E-state index contributed by atoms with van der Waals surface area (Å²) in [6, 6.07) is 0. The Morgan fingerprint density at radius 1 is 1.17 bits per heavy atom. The van der Waals surface area contributed by atoms with E-state index in [9.17, 15) is 4.79 Å². The molecule has 1 fully saturated rings. The number of carbonyl (C=O) groups excluding carboxylic acids is 1. The number of carbonyl (C=O) groups is 1. The summed E-state index contributed by atoms with van der Waals surface area (Å²) in [4.78, 5) is 27.8. The average Bonchev–Trinajstić information content (AvgIpc) is 2.81. The normalized spacial score (nSPS) is 15.5. The summed E-state index contributed by atoms with van der Waals surface area (Å²) in [6.07, 6.45) is 0.418. The van der Waals surface area contributed by atoms with Crippen LogP contribution in [0.4, 0.5) is 5.82 Å². The molecule has 2 aromatic rings. The maximum atomic E-state index is 12.0. The number of hydrogen-bond donors (Lipinski definition) is 0.